The molecule has 19 heavy (non-hydrogen) atoms. The van der Waals surface area contributed by atoms with Gasteiger partial charge in [-0.15, -0.1) is 0 Å². The van der Waals surface area contributed by atoms with Crippen LogP contribution in [0, 0.1) is 0 Å². The van der Waals surface area contributed by atoms with Gasteiger partial charge < -0.3 is 15.8 Å². The summed E-state index contributed by atoms with van der Waals surface area (Å²) < 4.78 is 5.87. The summed E-state index contributed by atoms with van der Waals surface area (Å²) in [6.07, 6.45) is 0. The molecule has 1 amide bonds. The van der Waals surface area contributed by atoms with E-state index >= 15 is 0 Å². The Bertz CT molecular complexity index is 614. The van der Waals surface area contributed by atoms with Crippen molar-refractivity contribution in [2.75, 3.05) is 18.2 Å². The Hall–Kier alpha value is -2.01. The van der Waals surface area contributed by atoms with Gasteiger partial charge in [0.15, 0.2) is 0 Å². The molecule has 0 saturated heterocycles. The Morgan fingerprint density at radius 3 is 2.74 bits per heavy atom. The smallest absolute Gasteiger partial charge is 0.255 e. The van der Waals surface area contributed by atoms with Crippen LogP contribution in [0.1, 0.15) is 10.4 Å². The van der Waals surface area contributed by atoms with Crippen molar-refractivity contribution in [2.24, 2.45) is 0 Å². The van der Waals surface area contributed by atoms with E-state index in [2.05, 4.69) is 21.2 Å². The Morgan fingerprint density at radius 2 is 2.05 bits per heavy atom. The number of methoxy groups -OCH3 is 1. The molecule has 4 nitrogen and oxygen atoms in total. The lowest BCUT2D eigenvalue weighted by molar-refractivity contribution is 0.102. The zero-order valence-electron chi connectivity index (χ0n) is 10.3. The van der Waals surface area contributed by atoms with Gasteiger partial charge in [-0.05, 0) is 46.3 Å². The van der Waals surface area contributed by atoms with Crippen molar-refractivity contribution >= 4 is 33.2 Å². The van der Waals surface area contributed by atoms with Gasteiger partial charge in [-0.25, -0.2) is 0 Å². The van der Waals surface area contributed by atoms with Gasteiger partial charge in [0.2, 0.25) is 0 Å². The third-order valence-electron chi connectivity index (χ3n) is 2.59. The van der Waals surface area contributed by atoms with Crippen molar-refractivity contribution in [3.05, 3.63) is 52.5 Å². The Balaban J connectivity index is 2.18. The highest BCUT2D eigenvalue weighted by molar-refractivity contribution is 9.10. The van der Waals surface area contributed by atoms with Crippen LogP contribution in [-0.4, -0.2) is 13.0 Å². The van der Waals surface area contributed by atoms with E-state index in [4.69, 9.17) is 10.5 Å². The number of carbonyl (C=O) groups is 1. The second-order valence-electron chi connectivity index (χ2n) is 3.92. The highest BCUT2D eigenvalue weighted by Gasteiger charge is 2.08. The maximum Gasteiger partial charge on any atom is 0.255 e. The normalized spacial score (nSPS) is 10.0. The molecule has 3 N–H and O–H groups in total. The van der Waals surface area contributed by atoms with E-state index in [0.717, 1.165) is 4.47 Å². The van der Waals surface area contributed by atoms with Crippen LogP contribution in [0.3, 0.4) is 0 Å². The van der Waals surface area contributed by atoms with E-state index < -0.39 is 0 Å². The largest absolute Gasteiger partial charge is 0.497 e. The highest BCUT2D eigenvalue weighted by Crippen LogP contribution is 2.22. The van der Waals surface area contributed by atoms with Crippen molar-refractivity contribution in [3.63, 3.8) is 0 Å². The molecule has 98 valence electrons. The second-order valence-corrected chi connectivity index (χ2v) is 4.78. The number of hydrogen-bond donors (Lipinski definition) is 2. The van der Waals surface area contributed by atoms with Crippen molar-refractivity contribution < 1.29 is 9.53 Å². The number of nitrogen functional groups attached to an aromatic ring is 1. The fraction of sp³-hybridized carbons (Fsp3) is 0.0714. The number of ether oxygens (including phenoxy) is 1. The fourth-order valence-corrected chi connectivity index (χ4v) is 1.84. The quantitative estimate of drug-likeness (QED) is 0.853. The summed E-state index contributed by atoms with van der Waals surface area (Å²) in [5, 5.41) is 2.79. The van der Waals surface area contributed by atoms with Crippen LogP contribution < -0.4 is 15.8 Å². The number of amides is 1. The molecule has 0 spiro atoms. The average molecular weight is 321 g/mol. The lowest BCUT2D eigenvalue weighted by Crippen LogP contribution is -2.12. The van der Waals surface area contributed by atoms with E-state index in [-0.39, 0.29) is 5.91 Å². The SMILES string of the molecule is COc1cccc(NC(=O)c2ccc(Br)c(N)c2)c1. The topological polar surface area (TPSA) is 64.3 Å². The first-order valence-corrected chi connectivity index (χ1v) is 6.40. The number of anilines is 2. The number of hydrogen-bond acceptors (Lipinski definition) is 3. The Morgan fingerprint density at radius 1 is 1.26 bits per heavy atom. The molecule has 0 saturated carbocycles. The summed E-state index contributed by atoms with van der Waals surface area (Å²) in [5.74, 6) is 0.473. The number of rotatable bonds is 3. The monoisotopic (exact) mass is 320 g/mol. The van der Waals surface area contributed by atoms with Crippen LogP contribution >= 0.6 is 15.9 Å². The molecule has 0 aromatic heterocycles. The number of benzene rings is 2. The standard InChI is InChI=1S/C14H13BrN2O2/c1-19-11-4-2-3-10(8-11)17-14(18)9-5-6-12(15)13(16)7-9/h2-8H,16H2,1H3,(H,17,18). The number of carbonyl (C=O) groups excluding carboxylic acids is 1. The Labute approximate surface area is 119 Å². The van der Waals surface area contributed by atoms with E-state index in [0.29, 0.717) is 22.7 Å². The Kier molecular flexibility index (Phi) is 4.06. The van der Waals surface area contributed by atoms with Gasteiger partial charge in [0.25, 0.3) is 5.91 Å². The molecular weight excluding hydrogens is 308 g/mol. The first kappa shape index (κ1) is 13.4. The molecule has 0 aliphatic carbocycles. The zero-order chi connectivity index (χ0) is 13.8. The van der Waals surface area contributed by atoms with Crippen molar-refractivity contribution in [1.82, 2.24) is 0 Å². The molecule has 2 rings (SSSR count). The van der Waals surface area contributed by atoms with Crippen LogP contribution in [0.4, 0.5) is 11.4 Å². The fourth-order valence-electron chi connectivity index (χ4n) is 1.59. The lowest BCUT2D eigenvalue weighted by Gasteiger charge is -2.08. The minimum Gasteiger partial charge on any atom is -0.497 e. The van der Waals surface area contributed by atoms with Crippen molar-refractivity contribution in [2.45, 2.75) is 0 Å². The van der Waals surface area contributed by atoms with Crippen LogP contribution in [0.15, 0.2) is 46.9 Å². The minimum absolute atomic E-state index is 0.215. The van der Waals surface area contributed by atoms with Gasteiger partial charge in [0.05, 0.1) is 7.11 Å². The third-order valence-corrected chi connectivity index (χ3v) is 3.31. The van der Waals surface area contributed by atoms with Gasteiger partial charge in [0.1, 0.15) is 5.75 Å². The summed E-state index contributed by atoms with van der Waals surface area (Å²) in [5.41, 5.74) is 7.45. The zero-order valence-corrected chi connectivity index (χ0v) is 11.9. The maximum atomic E-state index is 12.1. The predicted molar refractivity (Wildman–Crippen MR) is 79.5 cm³/mol. The molecule has 0 unspecified atom stereocenters. The van der Waals surface area contributed by atoms with E-state index in [1.54, 1.807) is 37.4 Å². The van der Waals surface area contributed by atoms with Crippen LogP contribution in [0.25, 0.3) is 0 Å². The molecule has 0 radical (unpaired) electrons. The molecule has 0 heterocycles. The first-order valence-electron chi connectivity index (χ1n) is 5.60. The third kappa shape index (κ3) is 3.26. The van der Waals surface area contributed by atoms with Crippen LogP contribution in [-0.2, 0) is 0 Å². The van der Waals surface area contributed by atoms with Crippen LogP contribution in [0.5, 0.6) is 5.75 Å². The molecule has 5 heteroatoms. The van der Waals surface area contributed by atoms with Crippen molar-refractivity contribution in [3.8, 4) is 5.75 Å². The van der Waals surface area contributed by atoms with Gasteiger partial charge >= 0.3 is 0 Å². The summed E-state index contributed by atoms with van der Waals surface area (Å²) in [6, 6.07) is 12.2. The number of nitrogens with two attached hydrogens (primary N) is 1. The lowest BCUT2D eigenvalue weighted by atomic mass is 10.2. The van der Waals surface area contributed by atoms with E-state index in [1.807, 2.05) is 12.1 Å². The average Bonchev–Trinajstić information content (AvgIpc) is 2.42. The van der Waals surface area contributed by atoms with E-state index in [9.17, 15) is 4.79 Å². The first-order chi connectivity index (χ1) is 9.10. The molecule has 0 fully saturated rings. The maximum absolute atomic E-state index is 12.1. The summed E-state index contributed by atoms with van der Waals surface area (Å²) in [6.45, 7) is 0. The minimum atomic E-state index is -0.215. The van der Waals surface area contributed by atoms with Crippen molar-refractivity contribution in [1.29, 1.82) is 0 Å². The molecule has 0 aliphatic heterocycles. The molecule has 0 atom stereocenters. The summed E-state index contributed by atoms with van der Waals surface area (Å²) >= 11 is 3.29. The number of nitrogens with one attached hydrogen (secondary N) is 1. The predicted octanol–water partition coefficient (Wildman–Crippen LogP) is 3.29. The summed E-state index contributed by atoms with van der Waals surface area (Å²) in [4.78, 5) is 12.1. The van der Waals surface area contributed by atoms with Gasteiger partial charge in [-0.1, -0.05) is 6.07 Å². The van der Waals surface area contributed by atoms with Gasteiger partial charge in [-0.3, -0.25) is 4.79 Å². The molecule has 2 aromatic carbocycles. The number of halogens is 1. The van der Waals surface area contributed by atoms with Gasteiger partial charge in [-0.2, -0.15) is 0 Å². The van der Waals surface area contributed by atoms with E-state index in [1.165, 1.54) is 0 Å². The summed E-state index contributed by atoms with van der Waals surface area (Å²) in [7, 11) is 1.58. The highest BCUT2D eigenvalue weighted by atomic mass is 79.9. The van der Waals surface area contributed by atoms with Gasteiger partial charge in [0, 0.05) is 27.5 Å². The molecule has 2 aromatic rings. The molecular formula is C14H13BrN2O2. The molecule has 0 aliphatic rings. The molecule has 0 bridgehead atoms. The van der Waals surface area contributed by atoms with Crippen LogP contribution in [0.2, 0.25) is 0 Å². The second kappa shape index (κ2) is 5.75.